The quantitative estimate of drug-likeness (QED) is 0.407. The lowest BCUT2D eigenvalue weighted by molar-refractivity contribution is 0.412. The van der Waals surface area contributed by atoms with E-state index in [2.05, 4.69) is 4.72 Å². The minimum atomic E-state index is -4.26. The molecule has 3 N–H and O–H groups in total. The molecular weight excluding hydrogens is 569 g/mol. The standard InChI is InChI=1S/C26H27Cl2N3O5S2/c1-16(25-21(27)4-3-5-22(25)28)30-38(34,35)19-8-9-23(24(13-19)37(29,32)33)31-14-17-6-7-18(36-2)12-20(17)26(15-31)10-11-26/h3-9,12-13,16,30H,10-11,14-15H2,1-2H3,(H2,29,32,33). The Morgan fingerprint density at radius 3 is 2.32 bits per heavy atom. The Labute approximate surface area is 232 Å². The molecule has 0 radical (unpaired) electrons. The third-order valence-corrected chi connectivity index (χ3v) is 10.4. The van der Waals surface area contributed by atoms with Crippen molar-refractivity contribution in [2.75, 3.05) is 18.6 Å². The molecule has 38 heavy (non-hydrogen) atoms. The van der Waals surface area contributed by atoms with Crippen LogP contribution in [0.1, 0.15) is 42.5 Å². The monoisotopic (exact) mass is 595 g/mol. The van der Waals surface area contributed by atoms with Gasteiger partial charge in [-0.25, -0.2) is 26.7 Å². The van der Waals surface area contributed by atoms with E-state index in [0.29, 0.717) is 34.4 Å². The maximum Gasteiger partial charge on any atom is 0.241 e. The molecule has 1 saturated carbocycles. The Morgan fingerprint density at radius 2 is 1.71 bits per heavy atom. The van der Waals surface area contributed by atoms with Crippen LogP contribution in [0.15, 0.2) is 64.4 Å². The first-order valence-electron chi connectivity index (χ1n) is 11.9. The molecule has 0 saturated heterocycles. The molecule has 1 aliphatic heterocycles. The second-order valence-electron chi connectivity index (χ2n) is 9.81. The number of ether oxygens (including phenoxy) is 1. The Kier molecular flexibility index (Phi) is 6.95. The zero-order valence-electron chi connectivity index (χ0n) is 20.7. The van der Waals surface area contributed by atoms with Gasteiger partial charge < -0.3 is 9.64 Å². The van der Waals surface area contributed by atoms with Gasteiger partial charge >= 0.3 is 0 Å². The van der Waals surface area contributed by atoms with E-state index < -0.39 is 26.1 Å². The number of hydrogen-bond donors (Lipinski definition) is 2. The van der Waals surface area contributed by atoms with Crippen molar-refractivity contribution in [1.29, 1.82) is 0 Å². The molecule has 3 aromatic rings. The summed E-state index contributed by atoms with van der Waals surface area (Å²) >= 11 is 12.5. The molecule has 0 bridgehead atoms. The van der Waals surface area contributed by atoms with Gasteiger partial charge in [-0.1, -0.05) is 35.3 Å². The molecule has 1 aliphatic carbocycles. The third-order valence-electron chi connectivity index (χ3n) is 7.25. The first-order valence-corrected chi connectivity index (χ1v) is 15.7. The highest BCUT2D eigenvalue weighted by molar-refractivity contribution is 7.90. The molecule has 0 amide bonds. The summed E-state index contributed by atoms with van der Waals surface area (Å²) in [6.07, 6.45) is 1.93. The van der Waals surface area contributed by atoms with Crippen LogP contribution in [0.3, 0.4) is 0 Å². The van der Waals surface area contributed by atoms with Crippen molar-refractivity contribution in [3.8, 4) is 5.75 Å². The molecule has 8 nitrogen and oxygen atoms in total. The number of nitrogens with two attached hydrogens (primary N) is 1. The van der Waals surface area contributed by atoms with Crippen LogP contribution < -0.4 is 19.5 Å². The Morgan fingerprint density at radius 1 is 1.03 bits per heavy atom. The molecule has 3 aromatic carbocycles. The number of nitrogens with zero attached hydrogens (tertiary/aromatic N) is 1. The van der Waals surface area contributed by atoms with Gasteiger partial charge in [-0.3, -0.25) is 0 Å². The highest BCUT2D eigenvalue weighted by Crippen LogP contribution is 2.54. The van der Waals surface area contributed by atoms with E-state index in [4.69, 9.17) is 33.1 Å². The Bertz CT molecular complexity index is 1620. The number of halogens is 2. The van der Waals surface area contributed by atoms with Crippen LogP contribution in [0.25, 0.3) is 0 Å². The van der Waals surface area contributed by atoms with Crippen molar-refractivity contribution >= 4 is 48.9 Å². The minimum absolute atomic E-state index is 0.103. The second kappa shape index (κ2) is 9.69. The van der Waals surface area contributed by atoms with Crippen LogP contribution in [-0.4, -0.2) is 30.5 Å². The number of hydrogen-bond acceptors (Lipinski definition) is 6. The van der Waals surface area contributed by atoms with Gasteiger partial charge in [0.25, 0.3) is 0 Å². The number of rotatable bonds is 7. The highest BCUT2D eigenvalue weighted by atomic mass is 35.5. The molecular formula is C26H27Cl2N3O5S2. The molecule has 12 heteroatoms. The van der Waals surface area contributed by atoms with E-state index in [0.717, 1.165) is 30.2 Å². The van der Waals surface area contributed by atoms with Gasteiger partial charge in [0, 0.05) is 40.2 Å². The van der Waals surface area contributed by atoms with Gasteiger partial charge in [0.05, 0.1) is 17.7 Å². The van der Waals surface area contributed by atoms with E-state index in [1.54, 1.807) is 32.2 Å². The van der Waals surface area contributed by atoms with Gasteiger partial charge in [0.2, 0.25) is 20.0 Å². The lowest BCUT2D eigenvalue weighted by Gasteiger charge is -2.37. The molecule has 1 heterocycles. The molecule has 1 unspecified atom stereocenters. The van der Waals surface area contributed by atoms with Gasteiger partial charge in [0.15, 0.2) is 0 Å². The third kappa shape index (κ3) is 5.01. The minimum Gasteiger partial charge on any atom is -0.497 e. The van der Waals surface area contributed by atoms with Crippen molar-refractivity contribution in [3.63, 3.8) is 0 Å². The summed E-state index contributed by atoms with van der Waals surface area (Å²) in [5.41, 5.74) is 2.95. The van der Waals surface area contributed by atoms with Crippen molar-refractivity contribution in [3.05, 3.63) is 81.3 Å². The maximum absolute atomic E-state index is 13.3. The van der Waals surface area contributed by atoms with Crippen molar-refractivity contribution in [1.82, 2.24) is 4.72 Å². The molecule has 1 fully saturated rings. The number of sulfonamides is 2. The zero-order valence-corrected chi connectivity index (χ0v) is 23.9. The Hall–Kier alpha value is -2.34. The number of anilines is 1. The van der Waals surface area contributed by atoms with Gasteiger partial charge in [0.1, 0.15) is 10.6 Å². The predicted molar refractivity (Wildman–Crippen MR) is 148 cm³/mol. The lowest BCUT2D eigenvalue weighted by atomic mass is 9.86. The van der Waals surface area contributed by atoms with Gasteiger partial charge in [-0.2, -0.15) is 0 Å². The van der Waals surface area contributed by atoms with Gasteiger partial charge in [-0.05, 0) is 73.4 Å². The fraction of sp³-hybridized carbons (Fsp3) is 0.308. The van der Waals surface area contributed by atoms with Crippen LogP contribution in [-0.2, 0) is 32.0 Å². The van der Waals surface area contributed by atoms with Crippen LogP contribution >= 0.6 is 23.2 Å². The van der Waals surface area contributed by atoms with Crippen molar-refractivity contribution in [2.45, 2.75) is 47.6 Å². The fourth-order valence-corrected chi connectivity index (χ4v) is 8.03. The average Bonchev–Trinajstić information content (AvgIpc) is 3.62. The van der Waals surface area contributed by atoms with Crippen molar-refractivity contribution < 1.29 is 21.6 Å². The fourth-order valence-electron chi connectivity index (χ4n) is 5.21. The topological polar surface area (TPSA) is 119 Å². The van der Waals surface area contributed by atoms with Crippen LogP contribution in [0, 0.1) is 0 Å². The summed E-state index contributed by atoms with van der Waals surface area (Å²) in [4.78, 5) is 1.47. The molecule has 1 atom stereocenters. The van der Waals surface area contributed by atoms with Crippen molar-refractivity contribution in [2.24, 2.45) is 5.14 Å². The number of nitrogens with one attached hydrogen (secondary N) is 1. The molecule has 202 valence electrons. The number of benzene rings is 3. The number of fused-ring (bicyclic) bond motifs is 2. The molecule has 5 rings (SSSR count). The largest absolute Gasteiger partial charge is 0.497 e. The molecule has 0 aromatic heterocycles. The summed E-state index contributed by atoms with van der Waals surface area (Å²) in [5.74, 6) is 0.781. The Balaban J connectivity index is 1.50. The normalized spacial score (nSPS) is 17.2. The summed E-state index contributed by atoms with van der Waals surface area (Å²) in [5, 5.41) is 6.22. The van der Waals surface area contributed by atoms with Gasteiger partial charge in [-0.15, -0.1) is 0 Å². The summed E-state index contributed by atoms with van der Waals surface area (Å²) in [6, 6.07) is 14.0. The lowest BCUT2D eigenvalue weighted by Crippen LogP contribution is -2.39. The van der Waals surface area contributed by atoms with E-state index >= 15 is 0 Å². The summed E-state index contributed by atoms with van der Waals surface area (Å²) < 4.78 is 59.9. The number of methoxy groups -OCH3 is 1. The molecule has 2 aliphatic rings. The zero-order chi connectivity index (χ0) is 27.5. The summed E-state index contributed by atoms with van der Waals surface area (Å²) in [6.45, 7) is 2.65. The first kappa shape index (κ1) is 27.2. The SMILES string of the molecule is COc1ccc2c(c1)C1(CC1)CN(c1ccc(S(=O)(=O)NC(C)c3c(Cl)cccc3Cl)cc1S(N)(=O)=O)C2. The predicted octanol–water partition coefficient (Wildman–Crippen LogP) is 4.74. The highest BCUT2D eigenvalue weighted by Gasteiger charge is 2.49. The smallest absolute Gasteiger partial charge is 0.241 e. The maximum atomic E-state index is 13.3. The summed E-state index contributed by atoms with van der Waals surface area (Å²) in [7, 11) is -6.79. The first-order chi connectivity index (χ1) is 17.8. The van der Waals surface area contributed by atoms with E-state index in [1.807, 2.05) is 23.1 Å². The van der Waals surface area contributed by atoms with Crippen LogP contribution in [0.2, 0.25) is 10.0 Å². The average molecular weight is 597 g/mol. The molecule has 1 spiro atoms. The van der Waals surface area contributed by atoms with E-state index in [-0.39, 0.29) is 15.2 Å². The van der Waals surface area contributed by atoms with E-state index in [1.165, 1.54) is 17.7 Å². The second-order valence-corrected chi connectivity index (χ2v) is 13.9. The number of primary sulfonamides is 1. The van der Waals surface area contributed by atoms with Crippen LogP contribution in [0.5, 0.6) is 5.75 Å². The van der Waals surface area contributed by atoms with E-state index in [9.17, 15) is 16.8 Å². The van der Waals surface area contributed by atoms with Crippen LogP contribution in [0.4, 0.5) is 5.69 Å².